The van der Waals surface area contributed by atoms with E-state index in [0.717, 1.165) is 24.7 Å². The van der Waals surface area contributed by atoms with Crippen LogP contribution in [-0.2, 0) is 28.2 Å². The number of rotatable bonds is 4. The molecule has 8 heteroatoms. The Labute approximate surface area is 143 Å². The Bertz CT molecular complexity index is 834. The third-order valence-corrected chi connectivity index (χ3v) is 4.75. The quantitative estimate of drug-likeness (QED) is 0.918. The molecule has 132 valence electrons. The van der Waals surface area contributed by atoms with Gasteiger partial charge < -0.3 is 10.1 Å². The number of amides is 1. The Morgan fingerprint density at radius 1 is 1.40 bits per heavy atom. The molecule has 1 aliphatic carbocycles. The minimum absolute atomic E-state index is 0.0310. The van der Waals surface area contributed by atoms with Crippen molar-refractivity contribution in [1.82, 2.24) is 20.1 Å². The Morgan fingerprint density at radius 2 is 2.20 bits per heavy atom. The van der Waals surface area contributed by atoms with Crippen LogP contribution in [0.4, 0.5) is 8.78 Å². The summed E-state index contributed by atoms with van der Waals surface area (Å²) in [5.41, 5.74) is -0.771. The van der Waals surface area contributed by atoms with E-state index in [9.17, 15) is 13.6 Å². The van der Waals surface area contributed by atoms with Crippen molar-refractivity contribution >= 4 is 5.91 Å². The summed E-state index contributed by atoms with van der Waals surface area (Å²) in [6.45, 7) is 2.24. The molecule has 1 aromatic carbocycles. The lowest BCUT2D eigenvalue weighted by molar-refractivity contribution is -0.135. The fraction of sp³-hybridized carbons (Fsp3) is 0.471. The number of fused-ring (bicyclic) bond motifs is 1. The third-order valence-electron chi connectivity index (χ3n) is 4.75. The van der Waals surface area contributed by atoms with Crippen LogP contribution in [0.25, 0.3) is 0 Å². The Balaban J connectivity index is 1.57. The van der Waals surface area contributed by atoms with Gasteiger partial charge in [0, 0.05) is 24.1 Å². The molecular formula is C17H18F2N4O2. The van der Waals surface area contributed by atoms with Gasteiger partial charge in [-0.15, -0.1) is 10.2 Å². The smallest absolute Gasteiger partial charge is 0.248 e. The average Bonchev–Trinajstić information content (AvgIpc) is 3.33. The summed E-state index contributed by atoms with van der Waals surface area (Å²) in [6, 6.07) is 3.29. The zero-order valence-electron chi connectivity index (χ0n) is 13.8. The second-order valence-electron chi connectivity index (χ2n) is 6.77. The van der Waals surface area contributed by atoms with Crippen LogP contribution in [0.1, 0.15) is 42.9 Å². The van der Waals surface area contributed by atoms with Crippen LogP contribution in [0.2, 0.25) is 0 Å². The maximum absolute atomic E-state index is 13.8. The van der Waals surface area contributed by atoms with Crippen molar-refractivity contribution in [3.63, 3.8) is 0 Å². The Hall–Kier alpha value is -2.35. The van der Waals surface area contributed by atoms with Crippen molar-refractivity contribution in [3.8, 4) is 0 Å². The predicted octanol–water partition coefficient (Wildman–Crippen LogP) is 2.00. The number of hydrogen-bond acceptors (Lipinski definition) is 4. The summed E-state index contributed by atoms with van der Waals surface area (Å²) in [5.74, 6) is 0.125. The molecule has 0 saturated heterocycles. The Morgan fingerprint density at radius 3 is 2.92 bits per heavy atom. The molecular weight excluding hydrogens is 330 g/mol. The number of carbonyl (C=O) groups is 1. The number of carbonyl (C=O) groups excluding carboxylic acids is 1. The number of benzene rings is 1. The van der Waals surface area contributed by atoms with E-state index in [4.69, 9.17) is 4.74 Å². The number of ether oxygens (including phenoxy) is 1. The van der Waals surface area contributed by atoms with E-state index in [1.807, 2.05) is 4.57 Å². The van der Waals surface area contributed by atoms with Gasteiger partial charge in [0.25, 0.3) is 0 Å². The summed E-state index contributed by atoms with van der Waals surface area (Å²) in [6.07, 6.45) is 2.08. The highest BCUT2D eigenvalue weighted by atomic mass is 19.1. The molecule has 25 heavy (non-hydrogen) atoms. The summed E-state index contributed by atoms with van der Waals surface area (Å²) < 4.78 is 34.2. The van der Waals surface area contributed by atoms with Gasteiger partial charge in [-0.2, -0.15) is 0 Å². The molecule has 2 aromatic rings. The predicted molar refractivity (Wildman–Crippen MR) is 83.5 cm³/mol. The molecule has 1 saturated carbocycles. The zero-order valence-corrected chi connectivity index (χ0v) is 13.8. The lowest BCUT2D eigenvalue weighted by atomic mass is 9.99. The van der Waals surface area contributed by atoms with Crippen LogP contribution < -0.4 is 5.32 Å². The first-order chi connectivity index (χ1) is 12.0. The first-order valence-electron chi connectivity index (χ1n) is 8.23. The molecule has 2 heterocycles. The van der Waals surface area contributed by atoms with E-state index in [1.54, 1.807) is 6.92 Å². The normalized spacial score (nSPS) is 22.5. The molecule has 1 unspecified atom stereocenters. The first-order valence-corrected chi connectivity index (χ1v) is 8.23. The fourth-order valence-corrected chi connectivity index (χ4v) is 3.17. The molecule has 1 N–H and O–H groups in total. The summed E-state index contributed by atoms with van der Waals surface area (Å²) in [7, 11) is 0. The van der Waals surface area contributed by atoms with Crippen molar-refractivity contribution in [3.05, 3.63) is 47.0 Å². The molecule has 0 spiro atoms. The largest absolute Gasteiger partial charge is 0.370 e. The van der Waals surface area contributed by atoms with Crippen LogP contribution >= 0.6 is 0 Å². The van der Waals surface area contributed by atoms with Crippen molar-refractivity contribution in [2.75, 3.05) is 6.61 Å². The van der Waals surface area contributed by atoms with Crippen LogP contribution in [-0.4, -0.2) is 27.3 Å². The zero-order chi connectivity index (χ0) is 17.6. The summed E-state index contributed by atoms with van der Waals surface area (Å²) in [4.78, 5) is 12.9. The first kappa shape index (κ1) is 16.1. The minimum Gasteiger partial charge on any atom is -0.370 e. The van der Waals surface area contributed by atoms with E-state index in [2.05, 4.69) is 15.5 Å². The van der Waals surface area contributed by atoms with Crippen LogP contribution in [0.5, 0.6) is 0 Å². The maximum atomic E-state index is 13.8. The molecule has 0 radical (unpaired) electrons. The number of nitrogens with zero attached hydrogens (tertiary/aromatic N) is 3. The van der Waals surface area contributed by atoms with Gasteiger partial charge in [0.2, 0.25) is 5.91 Å². The van der Waals surface area contributed by atoms with Crippen LogP contribution in [0, 0.1) is 11.6 Å². The average molecular weight is 348 g/mol. The third kappa shape index (κ3) is 2.80. The highest BCUT2D eigenvalue weighted by Gasteiger charge is 2.45. The molecule has 1 fully saturated rings. The molecule has 1 amide bonds. The molecule has 1 atom stereocenters. The molecule has 2 aliphatic rings. The monoisotopic (exact) mass is 348 g/mol. The lowest BCUT2D eigenvalue weighted by Gasteiger charge is -2.35. The molecule has 4 rings (SSSR count). The fourth-order valence-electron chi connectivity index (χ4n) is 3.17. The highest BCUT2D eigenvalue weighted by molar-refractivity contribution is 5.84. The Kier molecular flexibility index (Phi) is 3.79. The number of nitrogens with one attached hydrogen (secondary N) is 1. The summed E-state index contributed by atoms with van der Waals surface area (Å²) in [5, 5.41) is 11.1. The van der Waals surface area contributed by atoms with E-state index >= 15 is 0 Å². The molecule has 6 nitrogen and oxygen atoms in total. The van der Waals surface area contributed by atoms with Gasteiger partial charge in [0.1, 0.15) is 29.6 Å². The van der Waals surface area contributed by atoms with E-state index in [-0.39, 0.29) is 24.6 Å². The lowest BCUT2D eigenvalue weighted by Crippen LogP contribution is -2.52. The van der Waals surface area contributed by atoms with Gasteiger partial charge in [-0.1, -0.05) is 6.07 Å². The SMILES string of the molecule is CC1(C(=O)NCc2ccc(F)cc2F)COCc2nnc(C3CC3)n21. The van der Waals surface area contributed by atoms with Crippen LogP contribution in [0.3, 0.4) is 0 Å². The van der Waals surface area contributed by atoms with Crippen molar-refractivity contribution in [1.29, 1.82) is 0 Å². The number of hydrogen-bond donors (Lipinski definition) is 1. The number of halogens is 2. The van der Waals surface area contributed by atoms with Crippen molar-refractivity contribution < 1.29 is 18.3 Å². The van der Waals surface area contributed by atoms with Gasteiger partial charge in [-0.05, 0) is 25.8 Å². The van der Waals surface area contributed by atoms with Gasteiger partial charge in [0.15, 0.2) is 5.82 Å². The highest BCUT2D eigenvalue weighted by Crippen LogP contribution is 2.42. The molecule has 1 aromatic heterocycles. The van der Waals surface area contributed by atoms with Gasteiger partial charge in [-0.3, -0.25) is 9.36 Å². The maximum Gasteiger partial charge on any atom is 0.248 e. The van der Waals surface area contributed by atoms with Gasteiger partial charge >= 0.3 is 0 Å². The van der Waals surface area contributed by atoms with Crippen molar-refractivity contribution in [2.45, 2.75) is 44.4 Å². The number of aromatic nitrogens is 3. The second-order valence-corrected chi connectivity index (χ2v) is 6.77. The standard InChI is InChI=1S/C17H18F2N4O2/c1-17(16(24)20-7-11-4-5-12(18)6-13(11)19)9-25-8-14-21-22-15(23(14)17)10-2-3-10/h4-6,10H,2-3,7-9H2,1H3,(H,20,24). The van der Waals surface area contributed by atoms with E-state index < -0.39 is 17.2 Å². The minimum atomic E-state index is -0.995. The summed E-state index contributed by atoms with van der Waals surface area (Å²) >= 11 is 0. The van der Waals surface area contributed by atoms with Gasteiger partial charge in [-0.25, -0.2) is 8.78 Å². The second kappa shape index (κ2) is 5.87. The van der Waals surface area contributed by atoms with Gasteiger partial charge in [0.05, 0.1) is 6.61 Å². The van der Waals surface area contributed by atoms with E-state index in [0.29, 0.717) is 18.3 Å². The molecule has 0 bridgehead atoms. The van der Waals surface area contributed by atoms with Crippen molar-refractivity contribution in [2.24, 2.45) is 0 Å². The van der Waals surface area contributed by atoms with E-state index in [1.165, 1.54) is 12.1 Å². The molecule has 1 aliphatic heterocycles. The van der Waals surface area contributed by atoms with Crippen LogP contribution in [0.15, 0.2) is 18.2 Å². The topological polar surface area (TPSA) is 69.0 Å².